The number of nitro groups is 1. The highest BCUT2D eigenvalue weighted by atomic mass is 35.5. The molecule has 1 aromatic carbocycles. The average Bonchev–Trinajstić information content (AvgIpc) is 2.79. The maximum Gasteiger partial charge on any atom is 0.311 e. The number of hydrogen-bond donors (Lipinski definition) is 0. The molecule has 1 heterocycles. The number of hydrogen-bond acceptors (Lipinski definition) is 5. The van der Waals surface area contributed by atoms with Gasteiger partial charge in [-0.3, -0.25) is 10.1 Å². The second-order valence-electron chi connectivity index (χ2n) is 3.84. The quantitative estimate of drug-likeness (QED) is 0.448. The summed E-state index contributed by atoms with van der Waals surface area (Å²) in [4.78, 5) is 15.2. The summed E-state index contributed by atoms with van der Waals surface area (Å²) in [5.74, 6) is 0.357. The number of alkyl halides is 1. The van der Waals surface area contributed by atoms with Gasteiger partial charge in [-0.2, -0.15) is 4.98 Å². The fourth-order valence-electron chi connectivity index (χ4n) is 1.54. The van der Waals surface area contributed by atoms with Crippen LogP contribution in [0.15, 0.2) is 18.2 Å². The van der Waals surface area contributed by atoms with E-state index in [9.17, 15) is 10.1 Å². The molecule has 8 heteroatoms. The molecule has 0 unspecified atom stereocenters. The summed E-state index contributed by atoms with van der Waals surface area (Å²) >= 11 is 12.7. The lowest BCUT2D eigenvalue weighted by molar-refractivity contribution is -0.385. The first kappa shape index (κ1) is 15.0. The number of ether oxygens (including phenoxy) is 1. The van der Waals surface area contributed by atoms with E-state index in [0.29, 0.717) is 11.3 Å². The molecule has 0 fully saturated rings. The summed E-state index contributed by atoms with van der Waals surface area (Å²) < 4.78 is 5.46. The molecule has 2 rings (SSSR count). The number of halogens is 2. The Hall–Kier alpha value is -1.37. The topological polar surface area (TPSA) is 65.3 Å². The largest absolute Gasteiger partial charge is 0.423 e. The van der Waals surface area contributed by atoms with Crippen LogP contribution in [0, 0.1) is 10.1 Å². The molecule has 0 spiro atoms. The van der Waals surface area contributed by atoms with Crippen molar-refractivity contribution in [2.45, 2.75) is 19.2 Å². The smallest absolute Gasteiger partial charge is 0.311 e. The van der Waals surface area contributed by atoms with Crippen LogP contribution in [0.5, 0.6) is 10.9 Å². The highest BCUT2D eigenvalue weighted by Gasteiger charge is 2.18. The van der Waals surface area contributed by atoms with Crippen LogP contribution in [0.1, 0.15) is 17.4 Å². The van der Waals surface area contributed by atoms with E-state index in [2.05, 4.69) is 4.98 Å². The molecular weight excluding hydrogens is 323 g/mol. The van der Waals surface area contributed by atoms with E-state index in [1.165, 1.54) is 6.07 Å². The summed E-state index contributed by atoms with van der Waals surface area (Å²) in [5, 5.41) is 11.6. The predicted molar refractivity (Wildman–Crippen MR) is 79.2 cm³/mol. The van der Waals surface area contributed by atoms with Gasteiger partial charge < -0.3 is 4.74 Å². The van der Waals surface area contributed by atoms with E-state index < -0.39 is 4.92 Å². The van der Waals surface area contributed by atoms with Crippen molar-refractivity contribution in [1.82, 2.24) is 4.98 Å². The van der Waals surface area contributed by atoms with Crippen LogP contribution in [-0.4, -0.2) is 9.91 Å². The number of thiazole rings is 1. The molecule has 0 saturated heterocycles. The zero-order valence-electron chi connectivity index (χ0n) is 10.4. The molecular formula is C12H10Cl2N2O3S. The second-order valence-corrected chi connectivity index (χ2v) is 5.51. The molecule has 0 radical (unpaired) electrons. The van der Waals surface area contributed by atoms with E-state index in [4.69, 9.17) is 27.9 Å². The summed E-state index contributed by atoms with van der Waals surface area (Å²) in [7, 11) is 0. The predicted octanol–water partition coefficient (Wildman–Crippen LogP) is 4.80. The van der Waals surface area contributed by atoms with Crippen molar-refractivity contribution < 1.29 is 9.66 Å². The Morgan fingerprint density at radius 3 is 2.80 bits per heavy atom. The minimum Gasteiger partial charge on any atom is -0.423 e. The first-order valence-electron chi connectivity index (χ1n) is 5.71. The molecule has 0 aliphatic heterocycles. The zero-order chi connectivity index (χ0) is 14.7. The highest BCUT2D eigenvalue weighted by molar-refractivity contribution is 7.14. The summed E-state index contributed by atoms with van der Waals surface area (Å²) in [5.41, 5.74) is 0.769. The third-order valence-electron chi connectivity index (χ3n) is 2.58. The van der Waals surface area contributed by atoms with Crippen molar-refractivity contribution in [2.24, 2.45) is 0 Å². The van der Waals surface area contributed by atoms with Crippen molar-refractivity contribution in [3.8, 4) is 10.9 Å². The van der Waals surface area contributed by atoms with Crippen molar-refractivity contribution in [3.05, 3.63) is 43.9 Å². The standard InChI is InChI=1S/C12H10Cl2N2O3S/c1-2-7-3-4-9(8(5-7)16(17)18)19-12-15-11(14)10(6-13)20-12/h3-5H,2,6H2,1H3. The van der Waals surface area contributed by atoms with Gasteiger partial charge in [-0.15, -0.1) is 11.6 Å². The second kappa shape index (κ2) is 6.39. The van der Waals surface area contributed by atoms with Crippen LogP contribution in [-0.2, 0) is 12.3 Å². The molecule has 0 N–H and O–H groups in total. The van der Waals surface area contributed by atoms with Crippen molar-refractivity contribution >= 4 is 40.2 Å². The lowest BCUT2D eigenvalue weighted by Gasteiger charge is -2.04. The Morgan fingerprint density at radius 1 is 1.50 bits per heavy atom. The fourth-order valence-corrected chi connectivity index (χ4v) is 2.88. The monoisotopic (exact) mass is 332 g/mol. The van der Waals surface area contributed by atoms with Crippen molar-refractivity contribution in [1.29, 1.82) is 0 Å². The van der Waals surface area contributed by atoms with Crippen LogP contribution >= 0.6 is 34.5 Å². The van der Waals surface area contributed by atoms with E-state index in [-0.39, 0.29) is 27.7 Å². The molecule has 5 nitrogen and oxygen atoms in total. The van der Waals surface area contributed by atoms with Crippen LogP contribution in [0.3, 0.4) is 0 Å². The Labute approximate surface area is 129 Å². The van der Waals surface area contributed by atoms with Gasteiger partial charge in [0.25, 0.3) is 5.19 Å². The molecule has 20 heavy (non-hydrogen) atoms. The van der Waals surface area contributed by atoms with Gasteiger partial charge in [0, 0.05) is 6.07 Å². The highest BCUT2D eigenvalue weighted by Crippen LogP contribution is 2.37. The first-order chi connectivity index (χ1) is 9.55. The lowest BCUT2D eigenvalue weighted by atomic mass is 10.1. The Morgan fingerprint density at radius 2 is 2.25 bits per heavy atom. The number of nitro benzene ring substituents is 1. The number of aromatic nitrogens is 1. The Bertz CT molecular complexity index is 646. The fraction of sp³-hybridized carbons (Fsp3) is 0.250. The first-order valence-corrected chi connectivity index (χ1v) is 7.44. The average molecular weight is 333 g/mol. The molecule has 0 amide bonds. The molecule has 2 aromatic rings. The van der Waals surface area contributed by atoms with Gasteiger partial charge >= 0.3 is 5.69 Å². The van der Waals surface area contributed by atoms with E-state index in [1.54, 1.807) is 12.1 Å². The molecule has 0 atom stereocenters. The minimum atomic E-state index is -0.480. The third-order valence-corrected chi connectivity index (χ3v) is 4.36. The molecule has 0 saturated carbocycles. The van der Waals surface area contributed by atoms with Gasteiger partial charge in [0.1, 0.15) is 5.15 Å². The van der Waals surface area contributed by atoms with Gasteiger partial charge in [0.05, 0.1) is 15.7 Å². The van der Waals surface area contributed by atoms with Crippen LogP contribution in [0.2, 0.25) is 5.15 Å². The molecule has 1 aromatic heterocycles. The lowest BCUT2D eigenvalue weighted by Crippen LogP contribution is -1.94. The maximum atomic E-state index is 11.1. The number of aryl methyl sites for hydroxylation is 1. The van der Waals surface area contributed by atoms with Gasteiger partial charge in [-0.05, 0) is 18.1 Å². The van der Waals surface area contributed by atoms with Gasteiger partial charge in [-0.25, -0.2) is 0 Å². The van der Waals surface area contributed by atoms with Crippen molar-refractivity contribution in [3.63, 3.8) is 0 Å². The van der Waals surface area contributed by atoms with Crippen LogP contribution < -0.4 is 4.74 Å². The third kappa shape index (κ3) is 3.20. The molecule has 106 valence electrons. The summed E-state index contributed by atoms with van der Waals surface area (Å²) in [6.45, 7) is 1.92. The summed E-state index contributed by atoms with van der Waals surface area (Å²) in [6.07, 6.45) is 0.709. The van der Waals surface area contributed by atoms with Crippen LogP contribution in [0.4, 0.5) is 5.69 Å². The molecule has 0 aliphatic carbocycles. The van der Waals surface area contributed by atoms with Crippen molar-refractivity contribution in [2.75, 3.05) is 0 Å². The number of benzene rings is 1. The van der Waals surface area contributed by atoms with E-state index in [1.807, 2.05) is 6.92 Å². The Balaban J connectivity index is 2.34. The zero-order valence-corrected chi connectivity index (χ0v) is 12.8. The maximum absolute atomic E-state index is 11.1. The SMILES string of the molecule is CCc1ccc(Oc2nc(Cl)c(CCl)s2)c([N+](=O)[O-])c1. The van der Waals surface area contributed by atoms with Gasteiger partial charge in [0.15, 0.2) is 0 Å². The molecule has 0 aliphatic rings. The minimum absolute atomic E-state index is 0.0944. The summed E-state index contributed by atoms with van der Waals surface area (Å²) in [6, 6.07) is 4.83. The number of rotatable bonds is 5. The Kier molecular flexibility index (Phi) is 4.80. The number of nitrogens with zero attached hydrogens (tertiary/aromatic N) is 2. The van der Waals surface area contributed by atoms with Gasteiger partial charge in [-0.1, -0.05) is 35.9 Å². The molecule has 0 bridgehead atoms. The van der Waals surface area contributed by atoms with E-state index >= 15 is 0 Å². The van der Waals surface area contributed by atoms with Gasteiger partial charge in [0.2, 0.25) is 5.75 Å². The normalized spacial score (nSPS) is 10.6. The van der Waals surface area contributed by atoms with Crippen LogP contribution in [0.25, 0.3) is 0 Å². The van der Waals surface area contributed by atoms with E-state index in [0.717, 1.165) is 16.9 Å².